The number of anilines is 1. The summed E-state index contributed by atoms with van der Waals surface area (Å²) >= 11 is 0. The molecule has 0 saturated heterocycles. The van der Waals surface area contributed by atoms with Crippen molar-refractivity contribution in [2.24, 2.45) is 5.73 Å². The molecule has 0 radical (unpaired) electrons. The Kier molecular flexibility index (Phi) is 3.10. The van der Waals surface area contributed by atoms with Crippen LogP contribution in [0.15, 0.2) is 36.4 Å². The second-order valence-electron chi connectivity index (χ2n) is 5.01. The number of fused-ring (bicyclic) bond motifs is 1. The predicted molar refractivity (Wildman–Crippen MR) is 76.5 cm³/mol. The molecule has 0 fully saturated rings. The van der Waals surface area contributed by atoms with Crippen LogP contribution in [-0.2, 0) is 6.42 Å². The summed E-state index contributed by atoms with van der Waals surface area (Å²) in [5.74, 6) is 0.189. The third kappa shape index (κ3) is 2.11. The van der Waals surface area contributed by atoms with Gasteiger partial charge in [-0.1, -0.05) is 24.3 Å². The highest BCUT2D eigenvalue weighted by Gasteiger charge is 2.26. The quantitative estimate of drug-likeness (QED) is 0.919. The summed E-state index contributed by atoms with van der Waals surface area (Å²) in [7, 11) is 2.00. The van der Waals surface area contributed by atoms with Crippen molar-refractivity contribution >= 4 is 11.7 Å². The second-order valence-corrected chi connectivity index (χ2v) is 5.01. The highest BCUT2D eigenvalue weighted by Crippen LogP contribution is 2.36. The van der Waals surface area contributed by atoms with Gasteiger partial charge in [0, 0.05) is 7.05 Å². The fourth-order valence-corrected chi connectivity index (χ4v) is 2.74. The van der Waals surface area contributed by atoms with Crippen LogP contribution in [0, 0.1) is 0 Å². The van der Waals surface area contributed by atoms with Crippen LogP contribution in [0.1, 0.15) is 34.1 Å². The number of benzene rings is 1. The molecule has 1 aromatic heterocycles. The number of nitrogens with zero attached hydrogens (tertiary/aromatic N) is 3. The first-order valence-electron chi connectivity index (χ1n) is 6.61. The van der Waals surface area contributed by atoms with E-state index in [0.717, 1.165) is 18.7 Å². The second kappa shape index (κ2) is 4.92. The molecule has 0 spiro atoms. The van der Waals surface area contributed by atoms with Crippen LogP contribution in [0.4, 0.5) is 5.82 Å². The Balaban J connectivity index is 1.86. The van der Waals surface area contributed by atoms with Crippen LogP contribution in [0.2, 0.25) is 0 Å². The zero-order valence-corrected chi connectivity index (χ0v) is 11.3. The maximum Gasteiger partial charge on any atom is 0.269 e. The van der Waals surface area contributed by atoms with Crippen LogP contribution in [0.25, 0.3) is 0 Å². The van der Waals surface area contributed by atoms with E-state index in [1.807, 2.05) is 7.05 Å². The lowest BCUT2D eigenvalue weighted by Gasteiger charge is -2.26. The number of rotatable bonds is 3. The van der Waals surface area contributed by atoms with E-state index in [0.29, 0.717) is 6.04 Å². The molecule has 0 bridgehead atoms. The first-order valence-corrected chi connectivity index (χ1v) is 6.61. The van der Waals surface area contributed by atoms with Crippen molar-refractivity contribution in [2.45, 2.75) is 18.9 Å². The Morgan fingerprint density at radius 3 is 2.75 bits per heavy atom. The molecule has 2 N–H and O–H groups in total. The molecule has 1 aliphatic rings. The van der Waals surface area contributed by atoms with Gasteiger partial charge in [0.15, 0.2) is 11.5 Å². The molecule has 1 unspecified atom stereocenters. The maximum absolute atomic E-state index is 11.0. The van der Waals surface area contributed by atoms with E-state index in [4.69, 9.17) is 5.73 Å². The number of primary amides is 1. The van der Waals surface area contributed by atoms with Crippen LogP contribution >= 0.6 is 0 Å². The summed E-state index contributed by atoms with van der Waals surface area (Å²) in [5.41, 5.74) is 8.10. The van der Waals surface area contributed by atoms with E-state index in [9.17, 15) is 4.79 Å². The SMILES string of the molecule is CN(c1ccc(C(N)=O)nn1)C1CCc2ccccc21. The molecule has 1 atom stereocenters. The van der Waals surface area contributed by atoms with Crippen LogP contribution < -0.4 is 10.6 Å². The van der Waals surface area contributed by atoms with Gasteiger partial charge in [-0.15, -0.1) is 10.2 Å². The van der Waals surface area contributed by atoms with Crippen molar-refractivity contribution in [2.75, 3.05) is 11.9 Å². The third-order valence-electron chi connectivity index (χ3n) is 3.83. The van der Waals surface area contributed by atoms with Crippen molar-refractivity contribution in [3.8, 4) is 0 Å². The van der Waals surface area contributed by atoms with E-state index in [1.54, 1.807) is 12.1 Å². The van der Waals surface area contributed by atoms with Gasteiger partial charge in [0.05, 0.1) is 6.04 Å². The van der Waals surface area contributed by atoms with Crippen molar-refractivity contribution in [1.82, 2.24) is 10.2 Å². The van der Waals surface area contributed by atoms with Gasteiger partial charge in [-0.25, -0.2) is 0 Å². The van der Waals surface area contributed by atoms with Crippen LogP contribution in [0.3, 0.4) is 0 Å². The molecular weight excluding hydrogens is 252 g/mol. The van der Waals surface area contributed by atoms with Crippen molar-refractivity contribution in [3.05, 3.63) is 53.2 Å². The van der Waals surface area contributed by atoms with Crippen LogP contribution in [0.5, 0.6) is 0 Å². The lowest BCUT2D eigenvalue weighted by atomic mass is 10.1. The molecule has 1 heterocycles. The first kappa shape index (κ1) is 12.6. The largest absolute Gasteiger partial charge is 0.364 e. The fourth-order valence-electron chi connectivity index (χ4n) is 2.74. The number of nitrogens with two attached hydrogens (primary N) is 1. The number of amides is 1. The molecule has 5 nitrogen and oxygen atoms in total. The number of aryl methyl sites for hydroxylation is 1. The Morgan fingerprint density at radius 1 is 1.25 bits per heavy atom. The first-order chi connectivity index (χ1) is 9.66. The minimum absolute atomic E-state index is 0.189. The van der Waals surface area contributed by atoms with Gasteiger partial charge in [0.2, 0.25) is 0 Å². The van der Waals surface area contributed by atoms with Crippen molar-refractivity contribution in [3.63, 3.8) is 0 Å². The molecule has 1 amide bonds. The molecule has 5 heteroatoms. The van der Waals surface area contributed by atoms with Crippen LogP contribution in [-0.4, -0.2) is 23.2 Å². The predicted octanol–water partition coefficient (Wildman–Crippen LogP) is 1.70. The minimum atomic E-state index is -0.557. The Labute approximate surface area is 117 Å². The zero-order chi connectivity index (χ0) is 14.1. The summed E-state index contributed by atoms with van der Waals surface area (Å²) in [6.45, 7) is 0. The molecule has 0 saturated carbocycles. The standard InChI is InChI=1S/C15H16N4O/c1-19(14-9-7-12(15(16)20)17-18-14)13-8-6-10-4-2-3-5-11(10)13/h2-5,7,9,13H,6,8H2,1H3,(H2,16,20). The van der Waals surface area contributed by atoms with Crippen molar-refractivity contribution in [1.29, 1.82) is 0 Å². The van der Waals surface area contributed by atoms with Gasteiger partial charge in [-0.05, 0) is 36.1 Å². The van der Waals surface area contributed by atoms with Crippen molar-refractivity contribution < 1.29 is 4.79 Å². The number of carbonyl (C=O) groups is 1. The highest BCUT2D eigenvalue weighted by atomic mass is 16.1. The topological polar surface area (TPSA) is 72.1 Å². The molecule has 20 heavy (non-hydrogen) atoms. The molecule has 1 aliphatic carbocycles. The summed E-state index contributed by atoms with van der Waals surface area (Å²) in [6, 6.07) is 12.2. The Bertz CT molecular complexity index is 639. The summed E-state index contributed by atoms with van der Waals surface area (Å²) < 4.78 is 0. The number of hydrogen-bond donors (Lipinski definition) is 1. The summed E-state index contributed by atoms with van der Waals surface area (Å²) in [5, 5.41) is 7.95. The fraction of sp³-hybridized carbons (Fsp3) is 0.267. The summed E-state index contributed by atoms with van der Waals surface area (Å²) in [6.07, 6.45) is 2.15. The van der Waals surface area contributed by atoms with E-state index in [-0.39, 0.29) is 5.69 Å². The van der Waals surface area contributed by atoms with E-state index < -0.39 is 5.91 Å². The number of aromatic nitrogens is 2. The summed E-state index contributed by atoms with van der Waals surface area (Å²) in [4.78, 5) is 13.1. The number of carbonyl (C=O) groups excluding carboxylic acids is 1. The third-order valence-corrected chi connectivity index (χ3v) is 3.83. The average Bonchev–Trinajstić information content (AvgIpc) is 2.90. The molecule has 3 rings (SSSR count). The van der Waals surface area contributed by atoms with Gasteiger partial charge in [0.25, 0.3) is 5.91 Å². The average molecular weight is 268 g/mol. The zero-order valence-electron chi connectivity index (χ0n) is 11.3. The monoisotopic (exact) mass is 268 g/mol. The Hall–Kier alpha value is -2.43. The molecule has 1 aromatic carbocycles. The Morgan fingerprint density at radius 2 is 2.05 bits per heavy atom. The smallest absolute Gasteiger partial charge is 0.269 e. The maximum atomic E-state index is 11.0. The van der Waals surface area contributed by atoms with Gasteiger partial charge < -0.3 is 10.6 Å². The van der Waals surface area contributed by atoms with E-state index in [1.165, 1.54) is 11.1 Å². The van der Waals surface area contributed by atoms with Gasteiger partial charge in [-0.2, -0.15) is 0 Å². The number of hydrogen-bond acceptors (Lipinski definition) is 4. The molecular formula is C15H16N4O. The van der Waals surface area contributed by atoms with Gasteiger partial charge in [0.1, 0.15) is 0 Å². The van der Waals surface area contributed by atoms with Gasteiger partial charge in [-0.3, -0.25) is 4.79 Å². The lowest BCUT2D eigenvalue weighted by Crippen LogP contribution is -2.24. The lowest BCUT2D eigenvalue weighted by molar-refractivity contribution is 0.0994. The molecule has 102 valence electrons. The van der Waals surface area contributed by atoms with E-state index in [2.05, 4.69) is 39.4 Å². The molecule has 2 aromatic rings. The van der Waals surface area contributed by atoms with E-state index >= 15 is 0 Å². The molecule has 0 aliphatic heterocycles. The normalized spacial score (nSPS) is 16.8. The minimum Gasteiger partial charge on any atom is -0.364 e. The van der Waals surface area contributed by atoms with Gasteiger partial charge >= 0.3 is 0 Å². The highest BCUT2D eigenvalue weighted by molar-refractivity contribution is 5.90.